The zero-order chi connectivity index (χ0) is 14.5. The minimum Gasteiger partial charge on any atom is -0.491 e. The minimum atomic E-state index is 0.402. The van der Waals surface area contributed by atoms with Crippen LogP contribution < -0.4 is 4.74 Å². The average molecular weight is 283 g/mol. The van der Waals surface area contributed by atoms with Crippen LogP contribution in [0.15, 0.2) is 36.9 Å². The summed E-state index contributed by atoms with van der Waals surface area (Å²) in [5.74, 6) is 0.659. The number of aromatic nitrogens is 3. The van der Waals surface area contributed by atoms with Crippen molar-refractivity contribution in [1.29, 1.82) is 5.26 Å². The first-order valence-electron chi connectivity index (χ1n) is 7.05. The van der Waals surface area contributed by atoms with Crippen LogP contribution in [0.5, 0.6) is 5.75 Å². The summed E-state index contributed by atoms with van der Waals surface area (Å²) in [7, 11) is 0. The van der Waals surface area contributed by atoms with Gasteiger partial charge < -0.3 is 4.74 Å². The summed E-state index contributed by atoms with van der Waals surface area (Å²) in [5.41, 5.74) is 0.583. The molecule has 6 nitrogen and oxygen atoms in total. The fourth-order valence-corrected chi connectivity index (χ4v) is 2.61. The maximum Gasteiger partial charge on any atom is 0.137 e. The average Bonchev–Trinajstić information content (AvgIpc) is 3.18. The van der Waals surface area contributed by atoms with E-state index >= 15 is 0 Å². The molecule has 6 heteroatoms. The van der Waals surface area contributed by atoms with Gasteiger partial charge in [-0.05, 0) is 18.6 Å². The van der Waals surface area contributed by atoms with Crippen molar-refractivity contribution in [3.8, 4) is 11.8 Å². The Labute approximate surface area is 123 Å². The normalized spacial score (nSPS) is 18.5. The van der Waals surface area contributed by atoms with Crippen molar-refractivity contribution in [2.24, 2.45) is 0 Å². The molecule has 1 atom stereocenters. The van der Waals surface area contributed by atoms with E-state index in [1.165, 1.54) is 0 Å². The van der Waals surface area contributed by atoms with E-state index in [-0.39, 0.29) is 0 Å². The Hall–Kier alpha value is -2.39. The summed E-state index contributed by atoms with van der Waals surface area (Å²) in [6.45, 7) is 3.44. The Morgan fingerprint density at radius 3 is 3.10 bits per heavy atom. The second-order valence-corrected chi connectivity index (χ2v) is 5.08. The fourth-order valence-electron chi connectivity index (χ4n) is 2.61. The number of benzene rings is 1. The van der Waals surface area contributed by atoms with Crippen molar-refractivity contribution in [1.82, 2.24) is 19.7 Å². The van der Waals surface area contributed by atoms with Crippen molar-refractivity contribution in [2.75, 3.05) is 26.2 Å². The van der Waals surface area contributed by atoms with Gasteiger partial charge in [0, 0.05) is 19.6 Å². The van der Waals surface area contributed by atoms with Crippen LogP contribution in [0.4, 0.5) is 0 Å². The van der Waals surface area contributed by atoms with Gasteiger partial charge in [-0.1, -0.05) is 12.1 Å². The number of ether oxygens (including phenoxy) is 1. The molecule has 1 unspecified atom stereocenters. The van der Waals surface area contributed by atoms with E-state index in [1.807, 2.05) is 22.9 Å². The van der Waals surface area contributed by atoms with Crippen molar-refractivity contribution in [2.45, 2.75) is 12.5 Å². The van der Waals surface area contributed by atoms with E-state index in [1.54, 1.807) is 18.7 Å². The van der Waals surface area contributed by atoms with E-state index in [9.17, 15) is 0 Å². The summed E-state index contributed by atoms with van der Waals surface area (Å²) >= 11 is 0. The molecule has 108 valence electrons. The number of likely N-dealkylation sites (tertiary alicyclic amines) is 1. The molecule has 1 aliphatic heterocycles. The van der Waals surface area contributed by atoms with E-state index in [2.05, 4.69) is 21.1 Å². The van der Waals surface area contributed by atoms with Gasteiger partial charge in [0.2, 0.25) is 0 Å². The zero-order valence-electron chi connectivity index (χ0n) is 11.7. The van der Waals surface area contributed by atoms with Crippen LogP contribution in [0.2, 0.25) is 0 Å². The molecule has 0 bridgehead atoms. The Balaban J connectivity index is 1.47. The van der Waals surface area contributed by atoms with Gasteiger partial charge >= 0.3 is 0 Å². The number of para-hydroxylation sites is 1. The molecular formula is C15H17N5O. The van der Waals surface area contributed by atoms with Crippen molar-refractivity contribution in [3.63, 3.8) is 0 Å². The maximum absolute atomic E-state index is 9.01. The summed E-state index contributed by atoms with van der Waals surface area (Å²) < 4.78 is 7.64. The molecule has 2 heterocycles. The summed E-state index contributed by atoms with van der Waals surface area (Å²) in [6, 6.07) is 9.87. The lowest BCUT2D eigenvalue weighted by atomic mass is 10.2. The second kappa shape index (κ2) is 6.37. The fraction of sp³-hybridized carbons (Fsp3) is 0.400. The quantitative estimate of drug-likeness (QED) is 0.831. The molecule has 1 aromatic carbocycles. The van der Waals surface area contributed by atoms with Gasteiger partial charge in [-0.25, -0.2) is 9.67 Å². The van der Waals surface area contributed by atoms with Crippen molar-refractivity contribution in [3.05, 3.63) is 42.5 Å². The smallest absolute Gasteiger partial charge is 0.137 e. The van der Waals surface area contributed by atoms with Crippen LogP contribution in [-0.4, -0.2) is 45.9 Å². The van der Waals surface area contributed by atoms with Crippen LogP contribution >= 0.6 is 0 Å². The molecule has 0 spiro atoms. The predicted molar refractivity (Wildman–Crippen MR) is 76.8 cm³/mol. The van der Waals surface area contributed by atoms with Crippen LogP contribution in [0.1, 0.15) is 18.0 Å². The zero-order valence-corrected chi connectivity index (χ0v) is 11.7. The number of hydrogen-bond donors (Lipinski definition) is 0. The number of nitrogens with zero attached hydrogens (tertiary/aromatic N) is 5. The monoisotopic (exact) mass is 283 g/mol. The molecule has 21 heavy (non-hydrogen) atoms. The van der Waals surface area contributed by atoms with E-state index in [0.717, 1.165) is 26.1 Å². The molecule has 0 radical (unpaired) electrons. The topological polar surface area (TPSA) is 67.0 Å². The Kier molecular flexibility index (Phi) is 4.12. The Morgan fingerprint density at radius 1 is 1.38 bits per heavy atom. The predicted octanol–water partition coefficient (Wildman–Crippen LogP) is 1.48. The first-order chi connectivity index (χ1) is 10.4. The van der Waals surface area contributed by atoms with Gasteiger partial charge in [0.1, 0.15) is 31.1 Å². The molecule has 0 saturated carbocycles. The van der Waals surface area contributed by atoms with Crippen LogP contribution in [0.3, 0.4) is 0 Å². The Bertz CT molecular complexity index is 619. The molecule has 3 rings (SSSR count). The standard InChI is InChI=1S/C15H17N5O/c16-9-13-3-1-2-4-15(13)21-8-7-19-6-5-14(10-19)20-12-17-11-18-20/h1-4,11-12,14H,5-8,10H2. The minimum absolute atomic E-state index is 0.402. The first-order valence-corrected chi connectivity index (χ1v) is 7.05. The molecule has 1 aromatic heterocycles. The highest BCUT2D eigenvalue weighted by atomic mass is 16.5. The van der Waals surface area contributed by atoms with Crippen LogP contribution in [0.25, 0.3) is 0 Å². The number of nitriles is 1. The van der Waals surface area contributed by atoms with E-state index < -0.39 is 0 Å². The van der Waals surface area contributed by atoms with Gasteiger partial charge in [0.05, 0.1) is 11.6 Å². The number of hydrogen-bond acceptors (Lipinski definition) is 5. The highest BCUT2D eigenvalue weighted by Gasteiger charge is 2.23. The van der Waals surface area contributed by atoms with Gasteiger partial charge in [-0.15, -0.1) is 0 Å². The van der Waals surface area contributed by atoms with Crippen LogP contribution in [-0.2, 0) is 0 Å². The van der Waals surface area contributed by atoms with Gasteiger partial charge in [-0.3, -0.25) is 4.90 Å². The lowest BCUT2D eigenvalue weighted by Gasteiger charge is -2.16. The lowest BCUT2D eigenvalue weighted by Crippen LogP contribution is -2.27. The molecule has 0 aliphatic carbocycles. The molecule has 1 saturated heterocycles. The highest BCUT2D eigenvalue weighted by molar-refractivity contribution is 5.42. The van der Waals surface area contributed by atoms with Gasteiger partial charge in [0.25, 0.3) is 0 Å². The summed E-state index contributed by atoms with van der Waals surface area (Å²) in [4.78, 5) is 6.34. The van der Waals surface area contributed by atoms with Crippen molar-refractivity contribution < 1.29 is 4.74 Å². The lowest BCUT2D eigenvalue weighted by molar-refractivity contribution is 0.231. The summed E-state index contributed by atoms with van der Waals surface area (Å²) in [6.07, 6.45) is 4.43. The first kappa shape index (κ1) is 13.6. The molecule has 0 N–H and O–H groups in total. The third kappa shape index (κ3) is 3.20. The van der Waals surface area contributed by atoms with E-state index in [0.29, 0.717) is 24.0 Å². The maximum atomic E-state index is 9.01. The molecule has 2 aromatic rings. The van der Waals surface area contributed by atoms with E-state index in [4.69, 9.17) is 10.00 Å². The Morgan fingerprint density at radius 2 is 2.29 bits per heavy atom. The number of rotatable bonds is 5. The molecular weight excluding hydrogens is 266 g/mol. The van der Waals surface area contributed by atoms with Gasteiger partial charge in [0.15, 0.2) is 0 Å². The van der Waals surface area contributed by atoms with Crippen LogP contribution in [0, 0.1) is 11.3 Å². The third-order valence-electron chi connectivity index (χ3n) is 3.73. The highest BCUT2D eigenvalue weighted by Crippen LogP contribution is 2.20. The molecule has 1 fully saturated rings. The molecule has 1 aliphatic rings. The SMILES string of the molecule is N#Cc1ccccc1OCCN1CCC(n2cncn2)C1. The van der Waals surface area contributed by atoms with Crippen molar-refractivity contribution >= 4 is 0 Å². The summed E-state index contributed by atoms with van der Waals surface area (Å²) in [5, 5.41) is 13.2. The largest absolute Gasteiger partial charge is 0.491 e. The second-order valence-electron chi connectivity index (χ2n) is 5.08. The third-order valence-corrected chi connectivity index (χ3v) is 3.73. The molecule has 0 amide bonds. The van der Waals surface area contributed by atoms with Gasteiger partial charge in [-0.2, -0.15) is 10.4 Å².